The average Bonchev–Trinajstić information content (AvgIpc) is 3.14. The smallest absolute Gasteiger partial charge is 0.339 e. The molecule has 1 aromatic heterocycles. The number of amides is 1. The number of esters is 1. The average molecular weight is 415 g/mol. The van der Waals surface area contributed by atoms with Crippen molar-refractivity contribution < 1.29 is 14.3 Å². The Morgan fingerprint density at radius 2 is 1.77 bits per heavy atom. The Bertz CT molecular complexity index is 1190. The molecule has 1 aliphatic carbocycles. The van der Waals surface area contributed by atoms with Crippen LogP contribution in [-0.4, -0.2) is 42.0 Å². The summed E-state index contributed by atoms with van der Waals surface area (Å²) in [6, 6.07) is 15.9. The zero-order valence-electron chi connectivity index (χ0n) is 18.3. The lowest BCUT2D eigenvalue weighted by molar-refractivity contribution is -0.137. The lowest BCUT2D eigenvalue weighted by Gasteiger charge is -2.18. The van der Waals surface area contributed by atoms with Gasteiger partial charge in [0.15, 0.2) is 6.10 Å². The van der Waals surface area contributed by atoms with Crippen LogP contribution in [0.25, 0.3) is 22.6 Å². The van der Waals surface area contributed by atoms with E-state index in [2.05, 4.69) is 37.3 Å². The first-order valence-electron chi connectivity index (χ1n) is 10.5. The van der Waals surface area contributed by atoms with Gasteiger partial charge >= 0.3 is 5.97 Å². The first-order chi connectivity index (χ1) is 14.8. The van der Waals surface area contributed by atoms with Gasteiger partial charge in [-0.05, 0) is 55.5 Å². The molecule has 0 radical (unpaired) electrons. The summed E-state index contributed by atoms with van der Waals surface area (Å²) in [7, 11) is 3.29. The predicted octanol–water partition coefficient (Wildman–Crippen LogP) is 4.66. The fraction of sp³-hybridized carbons (Fsp3) is 0.269. The Labute approximate surface area is 182 Å². The molecule has 1 heterocycles. The number of rotatable bonds is 4. The van der Waals surface area contributed by atoms with Gasteiger partial charge in [-0.2, -0.15) is 0 Å². The summed E-state index contributed by atoms with van der Waals surface area (Å²) in [5.41, 5.74) is 6.44. The highest BCUT2D eigenvalue weighted by Crippen LogP contribution is 2.38. The summed E-state index contributed by atoms with van der Waals surface area (Å²) in [5, 5.41) is 0.757. The SMILES string of the molecule is Cc1ccc(/C=C2\CCc3c2nc2ccccc2c3C(=O)O[C@@H](C)C(=O)N(C)C)cc1. The van der Waals surface area contributed by atoms with Gasteiger partial charge in [-0.25, -0.2) is 9.78 Å². The number of carbonyl (C=O) groups excluding carboxylic acids is 2. The number of carbonyl (C=O) groups is 2. The molecule has 0 fully saturated rings. The summed E-state index contributed by atoms with van der Waals surface area (Å²) in [6.07, 6.45) is 2.80. The molecule has 1 aliphatic rings. The van der Waals surface area contributed by atoms with Crippen LogP contribution < -0.4 is 0 Å². The summed E-state index contributed by atoms with van der Waals surface area (Å²) in [5.74, 6) is -0.725. The highest BCUT2D eigenvalue weighted by atomic mass is 16.5. The minimum absolute atomic E-state index is 0.247. The van der Waals surface area contributed by atoms with Crippen molar-refractivity contribution in [2.75, 3.05) is 14.1 Å². The molecule has 0 spiro atoms. The number of allylic oxidation sites excluding steroid dienone is 1. The second kappa shape index (κ2) is 8.34. The monoisotopic (exact) mass is 414 g/mol. The lowest BCUT2D eigenvalue weighted by Crippen LogP contribution is -2.35. The van der Waals surface area contributed by atoms with Gasteiger partial charge in [0.25, 0.3) is 5.91 Å². The third-order valence-corrected chi connectivity index (χ3v) is 5.64. The summed E-state index contributed by atoms with van der Waals surface area (Å²) in [4.78, 5) is 31.7. The number of nitrogens with zero attached hydrogens (tertiary/aromatic N) is 2. The van der Waals surface area contributed by atoms with Gasteiger partial charge in [-0.1, -0.05) is 48.0 Å². The van der Waals surface area contributed by atoms with Crippen molar-refractivity contribution in [3.8, 4) is 0 Å². The lowest BCUT2D eigenvalue weighted by atomic mass is 10.0. The molecule has 0 saturated carbocycles. The van der Waals surface area contributed by atoms with Crippen LogP contribution in [0, 0.1) is 6.92 Å². The van der Waals surface area contributed by atoms with E-state index in [9.17, 15) is 9.59 Å². The van der Waals surface area contributed by atoms with Crippen LogP contribution in [0.4, 0.5) is 0 Å². The van der Waals surface area contributed by atoms with E-state index >= 15 is 0 Å². The van der Waals surface area contributed by atoms with E-state index in [1.165, 1.54) is 10.5 Å². The van der Waals surface area contributed by atoms with Crippen molar-refractivity contribution in [1.82, 2.24) is 9.88 Å². The maximum atomic E-state index is 13.2. The van der Waals surface area contributed by atoms with E-state index in [4.69, 9.17) is 9.72 Å². The number of aryl methyl sites for hydroxylation is 1. The number of benzene rings is 2. The van der Waals surface area contributed by atoms with Crippen molar-refractivity contribution in [2.45, 2.75) is 32.8 Å². The molecule has 2 aromatic carbocycles. The predicted molar refractivity (Wildman–Crippen MR) is 123 cm³/mol. The normalized spacial score (nSPS) is 15.0. The number of hydrogen-bond acceptors (Lipinski definition) is 4. The minimum atomic E-state index is -0.853. The Balaban J connectivity index is 1.79. The van der Waals surface area contributed by atoms with Gasteiger partial charge in [0.05, 0.1) is 16.8 Å². The molecular formula is C26H26N2O3. The second-order valence-electron chi connectivity index (χ2n) is 8.19. The number of fused-ring (bicyclic) bond motifs is 2. The molecule has 4 rings (SSSR count). The second-order valence-corrected chi connectivity index (χ2v) is 8.19. The number of ether oxygens (including phenoxy) is 1. The van der Waals surface area contributed by atoms with E-state index < -0.39 is 12.1 Å². The fourth-order valence-corrected chi connectivity index (χ4v) is 4.01. The Kier molecular flexibility index (Phi) is 5.59. The molecule has 158 valence electrons. The van der Waals surface area contributed by atoms with E-state index in [0.29, 0.717) is 12.0 Å². The van der Waals surface area contributed by atoms with Gasteiger partial charge in [0.2, 0.25) is 0 Å². The molecule has 0 N–H and O–H groups in total. The molecular weight excluding hydrogens is 388 g/mol. The van der Waals surface area contributed by atoms with E-state index in [1.807, 2.05) is 24.3 Å². The molecule has 1 amide bonds. The van der Waals surface area contributed by atoms with Gasteiger partial charge < -0.3 is 9.64 Å². The van der Waals surface area contributed by atoms with Crippen LogP contribution >= 0.6 is 0 Å². The van der Waals surface area contributed by atoms with Crippen molar-refractivity contribution in [1.29, 1.82) is 0 Å². The molecule has 0 bridgehead atoms. The molecule has 0 unspecified atom stereocenters. The van der Waals surface area contributed by atoms with Crippen LogP contribution in [0.1, 0.15) is 46.1 Å². The zero-order chi connectivity index (χ0) is 22.1. The number of likely N-dealkylation sites (N-methyl/N-ethyl adjacent to an activating group) is 1. The number of para-hydroxylation sites is 1. The summed E-state index contributed by atoms with van der Waals surface area (Å²) < 4.78 is 5.58. The third kappa shape index (κ3) is 4.08. The van der Waals surface area contributed by atoms with Gasteiger partial charge in [-0.3, -0.25) is 4.79 Å². The van der Waals surface area contributed by atoms with Gasteiger partial charge in [-0.15, -0.1) is 0 Å². The standard InChI is InChI=1S/C26H26N2O3/c1-16-9-11-18(12-10-16)15-19-13-14-21-23(26(30)31-17(2)25(29)28(3)4)20-7-5-6-8-22(20)27-24(19)21/h5-12,15,17H,13-14H2,1-4H3/b19-15+/t17-/m0/s1. The molecule has 1 atom stereocenters. The van der Waals surface area contributed by atoms with Gasteiger partial charge in [0.1, 0.15) is 0 Å². The van der Waals surface area contributed by atoms with Gasteiger partial charge in [0, 0.05) is 19.5 Å². The largest absolute Gasteiger partial charge is 0.449 e. The van der Waals surface area contributed by atoms with E-state index in [1.54, 1.807) is 21.0 Å². The molecule has 0 saturated heterocycles. The maximum absolute atomic E-state index is 13.2. The highest BCUT2D eigenvalue weighted by molar-refractivity contribution is 6.07. The zero-order valence-corrected chi connectivity index (χ0v) is 18.3. The van der Waals surface area contributed by atoms with Crippen LogP contribution in [0.5, 0.6) is 0 Å². The topological polar surface area (TPSA) is 59.5 Å². The number of aromatic nitrogens is 1. The minimum Gasteiger partial charge on any atom is -0.449 e. The van der Waals surface area contributed by atoms with Crippen molar-refractivity contribution in [2.24, 2.45) is 0 Å². The third-order valence-electron chi connectivity index (χ3n) is 5.64. The number of pyridine rings is 1. The Morgan fingerprint density at radius 3 is 2.48 bits per heavy atom. The Morgan fingerprint density at radius 1 is 1.06 bits per heavy atom. The molecule has 0 aliphatic heterocycles. The van der Waals surface area contributed by atoms with Crippen molar-refractivity contribution in [3.05, 3.63) is 76.5 Å². The number of hydrogen-bond donors (Lipinski definition) is 0. The molecule has 31 heavy (non-hydrogen) atoms. The maximum Gasteiger partial charge on any atom is 0.339 e. The highest BCUT2D eigenvalue weighted by Gasteiger charge is 2.29. The molecule has 5 nitrogen and oxygen atoms in total. The Hall–Kier alpha value is -3.47. The fourth-order valence-electron chi connectivity index (χ4n) is 4.01. The van der Waals surface area contributed by atoms with Crippen LogP contribution in [0.2, 0.25) is 0 Å². The van der Waals surface area contributed by atoms with Crippen LogP contribution in [0.3, 0.4) is 0 Å². The summed E-state index contributed by atoms with van der Waals surface area (Å²) >= 11 is 0. The first kappa shape index (κ1) is 20.8. The van der Waals surface area contributed by atoms with E-state index in [0.717, 1.165) is 39.7 Å². The quantitative estimate of drug-likeness (QED) is 0.583. The van der Waals surface area contributed by atoms with E-state index in [-0.39, 0.29) is 5.91 Å². The summed E-state index contributed by atoms with van der Waals surface area (Å²) in [6.45, 7) is 3.67. The first-order valence-corrected chi connectivity index (χ1v) is 10.5. The van der Waals surface area contributed by atoms with Crippen LogP contribution in [-0.2, 0) is 16.0 Å². The molecule has 3 aromatic rings. The van der Waals surface area contributed by atoms with Crippen LogP contribution in [0.15, 0.2) is 48.5 Å². The molecule has 5 heteroatoms. The van der Waals surface area contributed by atoms with Crippen molar-refractivity contribution in [3.63, 3.8) is 0 Å². The van der Waals surface area contributed by atoms with Crippen molar-refractivity contribution >= 4 is 34.4 Å².